The molecule has 0 radical (unpaired) electrons. The molecule has 0 atom stereocenters. The van der Waals surface area contributed by atoms with Crippen molar-refractivity contribution < 1.29 is 9.53 Å². The van der Waals surface area contributed by atoms with Crippen molar-refractivity contribution in [2.75, 3.05) is 12.5 Å². The first-order valence-electron chi connectivity index (χ1n) is 3.52. The van der Waals surface area contributed by atoms with Gasteiger partial charge in [0.05, 0.1) is 6.61 Å². The van der Waals surface area contributed by atoms with Crippen LogP contribution in [0.4, 0.5) is 0 Å². The molecule has 0 amide bonds. The molecule has 3 heteroatoms. The lowest BCUT2D eigenvalue weighted by atomic mass is 10.3. The minimum Gasteiger partial charge on any atom is -0.466 e. The highest BCUT2D eigenvalue weighted by Gasteiger charge is 1.98. The van der Waals surface area contributed by atoms with Gasteiger partial charge in [-0.3, -0.25) is 4.79 Å². The maximum absolute atomic E-state index is 10.7. The summed E-state index contributed by atoms with van der Waals surface area (Å²) in [6, 6.07) is 0. The summed E-state index contributed by atoms with van der Waals surface area (Å²) in [5.41, 5.74) is 0. The second-order valence-electron chi connectivity index (χ2n) is 2.01. The fourth-order valence-corrected chi connectivity index (χ4v) is 0.626. The minimum atomic E-state index is -0.118. The number of alkyl halides is 1. The average Bonchev–Trinajstić information content (AvgIpc) is 1.89. The molecule has 0 aromatic heterocycles. The molecule has 0 saturated heterocycles. The van der Waals surface area contributed by atoms with Crippen molar-refractivity contribution in [3.8, 4) is 0 Å². The van der Waals surface area contributed by atoms with Crippen LogP contribution in [-0.4, -0.2) is 18.5 Å². The lowest BCUT2D eigenvalue weighted by Gasteiger charge is -2.00. The first-order chi connectivity index (χ1) is 4.81. The topological polar surface area (TPSA) is 26.3 Å². The van der Waals surface area contributed by atoms with Gasteiger partial charge in [0.15, 0.2) is 0 Å². The molecule has 0 aromatic carbocycles. The van der Waals surface area contributed by atoms with Crippen molar-refractivity contribution in [1.82, 2.24) is 0 Å². The van der Waals surface area contributed by atoms with Crippen LogP contribution in [0.15, 0.2) is 0 Å². The van der Waals surface area contributed by atoms with Crippen LogP contribution in [0.25, 0.3) is 0 Å². The van der Waals surface area contributed by atoms with E-state index in [0.717, 1.165) is 12.8 Å². The molecule has 0 saturated carbocycles. The number of hydrogen-bond donors (Lipinski definition) is 0. The Labute approximate surface area is 66.5 Å². The van der Waals surface area contributed by atoms with Gasteiger partial charge in [-0.2, -0.15) is 0 Å². The van der Waals surface area contributed by atoms with Gasteiger partial charge in [0.2, 0.25) is 0 Å². The summed E-state index contributed by atoms with van der Waals surface area (Å²) in [5, 5.41) is 0. The molecular weight excluding hydrogens is 152 g/mol. The summed E-state index contributed by atoms with van der Waals surface area (Å²) in [6.07, 6.45) is 2.11. The Balaban J connectivity index is 3.05. The predicted octanol–water partition coefficient (Wildman–Crippen LogP) is 1.96. The van der Waals surface area contributed by atoms with E-state index in [4.69, 9.17) is 16.3 Å². The smallest absolute Gasteiger partial charge is 0.305 e. The van der Waals surface area contributed by atoms with E-state index in [2.05, 4.69) is 0 Å². The van der Waals surface area contributed by atoms with E-state index in [1.807, 2.05) is 6.92 Å². The van der Waals surface area contributed by atoms with E-state index in [1.54, 1.807) is 0 Å². The highest BCUT2D eigenvalue weighted by Crippen LogP contribution is 1.93. The third kappa shape index (κ3) is 5.89. The first-order valence-corrected chi connectivity index (χ1v) is 4.06. The Hall–Kier alpha value is -0.240. The summed E-state index contributed by atoms with van der Waals surface area (Å²) in [6.45, 7) is 2.41. The lowest BCUT2D eigenvalue weighted by molar-refractivity contribution is -0.143. The Bertz CT molecular complexity index is 93.6. The standard InChI is InChI=1S/C7H13ClO2/c1-2-4-7(9)10-6-3-5-8/h2-6H2,1H3. The summed E-state index contributed by atoms with van der Waals surface area (Å²) in [4.78, 5) is 10.7. The van der Waals surface area contributed by atoms with Gasteiger partial charge in [-0.1, -0.05) is 6.92 Å². The van der Waals surface area contributed by atoms with Crippen LogP contribution < -0.4 is 0 Å². The highest BCUT2D eigenvalue weighted by atomic mass is 35.5. The Morgan fingerprint density at radius 3 is 2.80 bits per heavy atom. The third-order valence-electron chi connectivity index (χ3n) is 0.995. The van der Waals surface area contributed by atoms with E-state index in [-0.39, 0.29) is 5.97 Å². The number of rotatable bonds is 5. The summed E-state index contributed by atoms with van der Waals surface area (Å²) < 4.78 is 4.80. The van der Waals surface area contributed by atoms with Gasteiger partial charge >= 0.3 is 5.97 Å². The predicted molar refractivity (Wildman–Crippen MR) is 41.2 cm³/mol. The van der Waals surface area contributed by atoms with Crippen LogP contribution in [0.1, 0.15) is 26.2 Å². The second kappa shape index (κ2) is 6.87. The number of ether oxygens (including phenoxy) is 1. The number of hydrogen-bond acceptors (Lipinski definition) is 2. The average molecular weight is 165 g/mol. The molecule has 0 bridgehead atoms. The molecule has 0 rings (SSSR count). The molecular formula is C7H13ClO2. The zero-order valence-corrected chi connectivity index (χ0v) is 6.99. The molecule has 0 fully saturated rings. The monoisotopic (exact) mass is 164 g/mol. The van der Waals surface area contributed by atoms with Gasteiger partial charge in [0, 0.05) is 12.3 Å². The molecule has 10 heavy (non-hydrogen) atoms. The van der Waals surface area contributed by atoms with Crippen molar-refractivity contribution >= 4 is 17.6 Å². The summed E-state index contributed by atoms with van der Waals surface area (Å²) in [7, 11) is 0. The van der Waals surface area contributed by atoms with Crippen molar-refractivity contribution in [1.29, 1.82) is 0 Å². The molecule has 0 unspecified atom stereocenters. The molecule has 0 spiro atoms. The fraction of sp³-hybridized carbons (Fsp3) is 0.857. The number of halogens is 1. The molecule has 2 nitrogen and oxygen atoms in total. The molecule has 0 aromatic rings. The van der Waals surface area contributed by atoms with Crippen LogP contribution in [0, 0.1) is 0 Å². The number of carbonyl (C=O) groups excluding carboxylic acids is 1. The van der Waals surface area contributed by atoms with E-state index in [9.17, 15) is 4.79 Å². The van der Waals surface area contributed by atoms with Crippen LogP contribution in [0.5, 0.6) is 0 Å². The SMILES string of the molecule is CCCC(=O)OCCCCl. The van der Waals surface area contributed by atoms with Gasteiger partial charge in [-0.15, -0.1) is 11.6 Å². The van der Waals surface area contributed by atoms with Crippen molar-refractivity contribution in [2.24, 2.45) is 0 Å². The van der Waals surface area contributed by atoms with Crippen LogP contribution in [-0.2, 0) is 9.53 Å². The molecule has 0 heterocycles. The molecule has 60 valence electrons. The van der Waals surface area contributed by atoms with Gasteiger partial charge in [0.1, 0.15) is 0 Å². The number of carbonyl (C=O) groups is 1. The quantitative estimate of drug-likeness (QED) is 0.353. The summed E-state index contributed by atoms with van der Waals surface area (Å²) in [5.74, 6) is 0.437. The largest absolute Gasteiger partial charge is 0.466 e. The lowest BCUT2D eigenvalue weighted by Crippen LogP contribution is -2.05. The molecule has 0 N–H and O–H groups in total. The normalized spacial score (nSPS) is 9.40. The summed E-state index contributed by atoms with van der Waals surface area (Å²) >= 11 is 5.37. The Morgan fingerprint density at radius 2 is 2.30 bits per heavy atom. The zero-order chi connectivity index (χ0) is 7.82. The van der Waals surface area contributed by atoms with E-state index in [0.29, 0.717) is 18.9 Å². The third-order valence-corrected chi connectivity index (χ3v) is 1.26. The first kappa shape index (κ1) is 9.76. The van der Waals surface area contributed by atoms with Gasteiger partial charge < -0.3 is 4.74 Å². The fourth-order valence-electron chi connectivity index (χ4n) is 0.517. The van der Waals surface area contributed by atoms with E-state index >= 15 is 0 Å². The number of esters is 1. The maximum Gasteiger partial charge on any atom is 0.305 e. The Kier molecular flexibility index (Phi) is 6.71. The van der Waals surface area contributed by atoms with Crippen molar-refractivity contribution in [2.45, 2.75) is 26.2 Å². The molecule has 0 aliphatic rings. The van der Waals surface area contributed by atoms with E-state index < -0.39 is 0 Å². The van der Waals surface area contributed by atoms with Gasteiger partial charge in [0.25, 0.3) is 0 Å². The van der Waals surface area contributed by atoms with Gasteiger partial charge in [-0.25, -0.2) is 0 Å². The molecule has 0 aliphatic heterocycles. The molecule has 0 aliphatic carbocycles. The highest BCUT2D eigenvalue weighted by molar-refractivity contribution is 6.17. The van der Waals surface area contributed by atoms with E-state index in [1.165, 1.54) is 0 Å². The zero-order valence-electron chi connectivity index (χ0n) is 6.23. The van der Waals surface area contributed by atoms with Crippen molar-refractivity contribution in [3.63, 3.8) is 0 Å². The maximum atomic E-state index is 10.7. The van der Waals surface area contributed by atoms with Crippen LogP contribution >= 0.6 is 11.6 Å². The minimum absolute atomic E-state index is 0.118. The van der Waals surface area contributed by atoms with Crippen LogP contribution in [0.3, 0.4) is 0 Å². The van der Waals surface area contributed by atoms with Gasteiger partial charge in [-0.05, 0) is 12.8 Å². The Morgan fingerprint density at radius 1 is 1.60 bits per heavy atom. The second-order valence-corrected chi connectivity index (χ2v) is 2.39. The van der Waals surface area contributed by atoms with Crippen molar-refractivity contribution in [3.05, 3.63) is 0 Å². The van der Waals surface area contributed by atoms with Crippen LogP contribution in [0.2, 0.25) is 0 Å².